The van der Waals surface area contributed by atoms with Crippen molar-refractivity contribution in [2.45, 2.75) is 32.9 Å². The number of benzene rings is 1. The van der Waals surface area contributed by atoms with E-state index in [1.54, 1.807) is 6.33 Å². The quantitative estimate of drug-likeness (QED) is 0.871. The second-order valence-electron chi connectivity index (χ2n) is 5.73. The number of aryl methyl sites for hydroxylation is 1. The van der Waals surface area contributed by atoms with Gasteiger partial charge in [0.2, 0.25) is 0 Å². The Morgan fingerprint density at radius 2 is 2.09 bits per heavy atom. The third-order valence-electron chi connectivity index (χ3n) is 4.25. The molecule has 1 aromatic heterocycles. The maximum atomic E-state index is 12.7. The van der Waals surface area contributed by atoms with Crippen LogP contribution in [0.15, 0.2) is 30.6 Å². The van der Waals surface area contributed by atoms with E-state index in [-0.39, 0.29) is 11.9 Å². The van der Waals surface area contributed by atoms with Crippen LogP contribution in [0.5, 0.6) is 0 Å². The van der Waals surface area contributed by atoms with E-state index in [2.05, 4.69) is 17.0 Å². The van der Waals surface area contributed by atoms with Gasteiger partial charge in [-0.2, -0.15) is 5.10 Å². The largest absolute Gasteiger partial charge is 0.380 e. The van der Waals surface area contributed by atoms with Gasteiger partial charge in [-0.3, -0.25) is 4.79 Å². The molecule has 3 rings (SSSR count). The molecular formula is C17H22N4O2. The molecule has 6 heteroatoms. The molecule has 2 heterocycles. The molecule has 2 aromatic rings. The van der Waals surface area contributed by atoms with Crippen LogP contribution in [0.1, 0.15) is 30.6 Å². The maximum absolute atomic E-state index is 12.7. The molecule has 0 bridgehead atoms. The average Bonchev–Trinajstić information content (AvgIpc) is 2.96. The van der Waals surface area contributed by atoms with Crippen LogP contribution in [-0.4, -0.2) is 51.4 Å². The molecule has 1 atom stereocenters. The smallest absolute Gasteiger partial charge is 0.254 e. The summed E-state index contributed by atoms with van der Waals surface area (Å²) in [5.41, 5.74) is 1.67. The lowest BCUT2D eigenvalue weighted by atomic mass is 10.1. The molecule has 1 aromatic carbocycles. The highest BCUT2D eigenvalue weighted by Gasteiger charge is 2.23. The van der Waals surface area contributed by atoms with Crippen LogP contribution in [0.3, 0.4) is 0 Å². The third-order valence-corrected chi connectivity index (χ3v) is 4.25. The molecule has 1 saturated heterocycles. The molecule has 1 amide bonds. The summed E-state index contributed by atoms with van der Waals surface area (Å²) in [7, 11) is 0. The fourth-order valence-electron chi connectivity index (χ4n) is 2.84. The standard InChI is InChI=1S/C17H22N4O2/c1-3-21-16(18-12-19-21)14-4-6-15(7-5-14)17(22)20-9-11-23-10-8-13(20)2/h4-7,12-13H,3,8-11H2,1-2H3. The maximum Gasteiger partial charge on any atom is 0.254 e. The van der Waals surface area contributed by atoms with Gasteiger partial charge in [-0.15, -0.1) is 0 Å². The second-order valence-corrected chi connectivity index (χ2v) is 5.73. The van der Waals surface area contributed by atoms with E-state index in [0.717, 1.165) is 31.0 Å². The molecule has 1 fully saturated rings. The summed E-state index contributed by atoms with van der Waals surface area (Å²) in [6.45, 7) is 6.83. The molecule has 1 aliphatic rings. The van der Waals surface area contributed by atoms with E-state index >= 15 is 0 Å². The van der Waals surface area contributed by atoms with Crippen LogP contribution >= 0.6 is 0 Å². The molecule has 6 nitrogen and oxygen atoms in total. The van der Waals surface area contributed by atoms with Crippen LogP contribution in [-0.2, 0) is 11.3 Å². The summed E-state index contributed by atoms with van der Waals surface area (Å²) in [5.74, 6) is 0.884. The van der Waals surface area contributed by atoms with Crippen LogP contribution in [0.4, 0.5) is 0 Å². The minimum Gasteiger partial charge on any atom is -0.380 e. The number of hydrogen-bond donors (Lipinski definition) is 0. The summed E-state index contributed by atoms with van der Waals surface area (Å²) >= 11 is 0. The molecule has 1 unspecified atom stereocenters. The zero-order chi connectivity index (χ0) is 16.2. The van der Waals surface area contributed by atoms with Gasteiger partial charge in [0.1, 0.15) is 6.33 Å². The lowest BCUT2D eigenvalue weighted by molar-refractivity contribution is 0.0687. The van der Waals surface area contributed by atoms with Gasteiger partial charge in [0.05, 0.1) is 6.61 Å². The number of aromatic nitrogens is 3. The summed E-state index contributed by atoms with van der Waals surface area (Å²) in [6.07, 6.45) is 2.43. The van der Waals surface area contributed by atoms with Gasteiger partial charge in [-0.05, 0) is 32.4 Å². The van der Waals surface area contributed by atoms with Crippen molar-refractivity contribution in [1.82, 2.24) is 19.7 Å². The van der Waals surface area contributed by atoms with Crippen molar-refractivity contribution < 1.29 is 9.53 Å². The molecule has 0 saturated carbocycles. The molecule has 1 aliphatic heterocycles. The number of carbonyl (C=O) groups is 1. The highest BCUT2D eigenvalue weighted by molar-refractivity contribution is 5.94. The first kappa shape index (κ1) is 15.7. The van der Waals surface area contributed by atoms with E-state index < -0.39 is 0 Å². The molecule has 0 aliphatic carbocycles. The van der Waals surface area contributed by atoms with Crippen LogP contribution in [0, 0.1) is 0 Å². The average molecular weight is 314 g/mol. The first-order valence-corrected chi connectivity index (χ1v) is 8.07. The Labute approximate surface area is 136 Å². The molecule has 0 spiro atoms. The minimum absolute atomic E-state index is 0.0616. The molecule has 23 heavy (non-hydrogen) atoms. The molecular weight excluding hydrogens is 292 g/mol. The van der Waals surface area contributed by atoms with E-state index in [9.17, 15) is 4.79 Å². The van der Waals surface area contributed by atoms with Crippen molar-refractivity contribution in [1.29, 1.82) is 0 Å². The Balaban J connectivity index is 1.80. The summed E-state index contributed by atoms with van der Waals surface area (Å²) in [4.78, 5) is 18.9. The topological polar surface area (TPSA) is 60.2 Å². The number of carbonyl (C=O) groups excluding carboxylic acids is 1. The third kappa shape index (κ3) is 3.27. The van der Waals surface area contributed by atoms with Gasteiger partial charge in [-0.25, -0.2) is 9.67 Å². The number of hydrogen-bond acceptors (Lipinski definition) is 4. The number of amides is 1. The first-order chi connectivity index (χ1) is 11.2. The van der Waals surface area contributed by atoms with Crippen molar-refractivity contribution in [2.75, 3.05) is 19.8 Å². The molecule has 0 N–H and O–H groups in total. The Kier molecular flexibility index (Phi) is 4.71. The Bertz CT molecular complexity index is 665. The second kappa shape index (κ2) is 6.91. The zero-order valence-corrected chi connectivity index (χ0v) is 13.6. The van der Waals surface area contributed by atoms with Gasteiger partial charge in [-0.1, -0.05) is 12.1 Å². The number of rotatable bonds is 3. The summed E-state index contributed by atoms with van der Waals surface area (Å²) in [5, 5.41) is 4.18. The zero-order valence-electron chi connectivity index (χ0n) is 13.6. The predicted molar refractivity (Wildman–Crippen MR) is 87.1 cm³/mol. The first-order valence-electron chi connectivity index (χ1n) is 8.07. The van der Waals surface area contributed by atoms with Gasteiger partial charge in [0.25, 0.3) is 5.91 Å². The van der Waals surface area contributed by atoms with Crippen molar-refractivity contribution >= 4 is 5.91 Å². The van der Waals surface area contributed by atoms with Gasteiger partial charge < -0.3 is 9.64 Å². The minimum atomic E-state index is 0.0616. The van der Waals surface area contributed by atoms with Crippen molar-refractivity contribution in [3.8, 4) is 11.4 Å². The molecule has 0 radical (unpaired) electrons. The lowest BCUT2D eigenvalue weighted by Gasteiger charge is -2.26. The molecule has 122 valence electrons. The summed E-state index contributed by atoms with van der Waals surface area (Å²) in [6, 6.07) is 7.80. The van der Waals surface area contributed by atoms with Crippen molar-refractivity contribution in [3.63, 3.8) is 0 Å². The summed E-state index contributed by atoms with van der Waals surface area (Å²) < 4.78 is 7.30. The monoisotopic (exact) mass is 314 g/mol. The van der Waals surface area contributed by atoms with Gasteiger partial charge in [0.15, 0.2) is 5.82 Å². The van der Waals surface area contributed by atoms with Crippen LogP contribution < -0.4 is 0 Å². The normalized spacial score (nSPS) is 18.7. The Hall–Kier alpha value is -2.21. The van der Waals surface area contributed by atoms with Gasteiger partial charge in [0, 0.05) is 36.9 Å². The van der Waals surface area contributed by atoms with E-state index in [4.69, 9.17) is 4.74 Å². The highest BCUT2D eigenvalue weighted by Crippen LogP contribution is 2.19. The van der Waals surface area contributed by atoms with Gasteiger partial charge >= 0.3 is 0 Å². The van der Waals surface area contributed by atoms with Crippen LogP contribution in [0.25, 0.3) is 11.4 Å². The van der Waals surface area contributed by atoms with E-state index in [1.807, 2.05) is 40.8 Å². The van der Waals surface area contributed by atoms with E-state index in [0.29, 0.717) is 18.7 Å². The highest BCUT2D eigenvalue weighted by atomic mass is 16.5. The fourth-order valence-corrected chi connectivity index (χ4v) is 2.84. The Morgan fingerprint density at radius 3 is 2.83 bits per heavy atom. The number of nitrogens with zero attached hydrogens (tertiary/aromatic N) is 4. The lowest BCUT2D eigenvalue weighted by Crippen LogP contribution is -2.39. The van der Waals surface area contributed by atoms with E-state index in [1.165, 1.54) is 0 Å². The Morgan fingerprint density at radius 1 is 1.30 bits per heavy atom. The van der Waals surface area contributed by atoms with Crippen molar-refractivity contribution in [3.05, 3.63) is 36.2 Å². The van der Waals surface area contributed by atoms with Crippen LogP contribution in [0.2, 0.25) is 0 Å². The predicted octanol–water partition coefficient (Wildman–Crippen LogP) is 2.22. The fraction of sp³-hybridized carbons (Fsp3) is 0.471. The van der Waals surface area contributed by atoms with Crippen molar-refractivity contribution in [2.24, 2.45) is 0 Å². The SMILES string of the molecule is CCn1ncnc1-c1ccc(C(=O)N2CCOCCC2C)cc1. The number of ether oxygens (including phenoxy) is 1.